The summed E-state index contributed by atoms with van der Waals surface area (Å²) in [6.45, 7) is 0.0825. The molecule has 0 atom stereocenters. The number of aromatic nitrogens is 2. The SMILES string of the molecule is O=[N+]([O-])c1cccc2[nH]c(CCCO)nc12. The van der Waals surface area contributed by atoms with Gasteiger partial charge in [0.25, 0.3) is 5.69 Å². The van der Waals surface area contributed by atoms with E-state index in [0.717, 1.165) is 0 Å². The maximum atomic E-state index is 10.7. The van der Waals surface area contributed by atoms with E-state index in [0.29, 0.717) is 29.7 Å². The molecule has 2 aromatic rings. The highest BCUT2D eigenvalue weighted by molar-refractivity contribution is 5.84. The van der Waals surface area contributed by atoms with Crippen LogP contribution in [0.15, 0.2) is 18.2 Å². The number of aryl methyl sites for hydroxylation is 1. The number of hydrogen-bond acceptors (Lipinski definition) is 4. The zero-order valence-corrected chi connectivity index (χ0v) is 8.51. The molecular formula is C10H11N3O3. The van der Waals surface area contributed by atoms with Gasteiger partial charge < -0.3 is 10.1 Å². The number of hydrogen-bond donors (Lipinski definition) is 2. The van der Waals surface area contributed by atoms with E-state index < -0.39 is 4.92 Å². The first-order valence-electron chi connectivity index (χ1n) is 4.95. The van der Waals surface area contributed by atoms with Crippen molar-refractivity contribution in [3.05, 3.63) is 34.1 Å². The van der Waals surface area contributed by atoms with Crippen molar-refractivity contribution in [2.45, 2.75) is 12.8 Å². The second-order valence-electron chi connectivity index (χ2n) is 3.44. The van der Waals surface area contributed by atoms with E-state index in [1.165, 1.54) is 6.07 Å². The number of aromatic amines is 1. The molecule has 0 saturated carbocycles. The summed E-state index contributed by atoms with van der Waals surface area (Å²) in [5, 5.41) is 19.4. The number of benzene rings is 1. The minimum absolute atomic E-state index is 0.00370. The van der Waals surface area contributed by atoms with E-state index >= 15 is 0 Å². The Morgan fingerprint density at radius 3 is 3.00 bits per heavy atom. The van der Waals surface area contributed by atoms with Crippen LogP contribution in [0.3, 0.4) is 0 Å². The maximum absolute atomic E-state index is 10.7. The lowest BCUT2D eigenvalue weighted by molar-refractivity contribution is -0.383. The summed E-state index contributed by atoms with van der Waals surface area (Å²) in [5.74, 6) is 0.665. The summed E-state index contributed by atoms with van der Waals surface area (Å²) in [5.41, 5.74) is 1.03. The Labute approximate surface area is 91.1 Å². The van der Waals surface area contributed by atoms with Gasteiger partial charge in [0.15, 0.2) is 5.52 Å². The van der Waals surface area contributed by atoms with Gasteiger partial charge in [-0.05, 0) is 12.5 Å². The summed E-state index contributed by atoms with van der Waals surface area (Å²) in [7, 11) is 0. The van der Waals surface area contributed by atoms with Gasteiger partial charge in [0.1, 0.15) is 5.82 Å². The Bertz CT molecular complexity index is 521. The third-order valence-corrected chi connectivity index (χ3v) is 2.31. The molecule has 6 nitrogen and oxygen atoms in total. The van der Waals surface area contributed by atoms with Crippen LogP contribution in [-0.4, -0.2) is 26.6 Å². The van der Waals surface area contributed by atoms with Crippen molar-refractivity contribution in [1.29, 1.82) is 0 Å². The summed E-state index contributed by atoms with van der Waals surface area (Å²) in [6.07, 6.45) is 1.18. The summed E-state index contributed by atoms with van der Waals surface area (Å²) in [6, 6.07) is 4.80. The Kier molecular flexibility index (Phi) is 2.82. The van der Waals surface area contributed by atoms with Gasteiger partial charge in [0.2, 0.25) is 0 Å². The molecule has 0 bridgehead atoms. The first-order chi connectivity index (χ1) is 7.72. The van der Waals surface area contributed by atoms with Crippen molar-refractivity contribution in [3.63, 3.8) is 0 Å². The van der Waals surface area contributed by atoms with Gasteiger partial charge >= 0.3 is 0 Å². The van der Waals surface area contributed by atoms with Gasteiger partial charge in [-0.15, -0.1) is 0 Å². The predicted molar refractivity (Wildman–Crippen MR) is 58.2 cm³/mol. The third kappa shape index (κ3) is 1.87. The van der Waals surface area contributed by atoms with Crippen molar-refractivity contribution >= 4 is 16.7 Å². The van der Waals surface area contributed by atoms with E-state index in [1.54, 1.807) is 12.1 Å². The molecule has 1 aromatic heterocycles. The summed E-state index contributed by atoms with van der Waals surface area (Å²) < 4.78 is 0. The van der Waals surface area contributed by atoms with Gasteiger partial charge in [-0.3, -0.25) is 10.1 Å². The summed E-state index contributed by atoms with van der Waals surface area (Å²) in [4.78, 5) is 17.5. The average Bonchev–Trinajstić information content (AvgIpc) is 2.68. The van der Waals surface area contributed by atoms with Crippen molar-refractivity contribution in [2.75, 3.05) is 6.61 Å². The number of para-hydroxylation sites is 1. The topological polar surface area (TPSA) is 92.0 Å². The van der Waals surface area contributed by atoms with E-state index in [2.05, 4.69) is 9.97 Å². The fourth-order valence-corrected chi connectivity index (χ4v) is 1.58. The molecule has 0 aliphatic rings. The minimum Gasteiger partial charge on any atom is -0.396 e. The Hall–Kier alpha value is -1.95. The highest BCUT2D eigenvalue weighted by Gasteiger charge is 2.14. The molecule has 0 aliphatic heterocycles. The molecular weight excluding hydrogens is 210 g/mol. The standard InChI is InChI=1S/C10H11N3O3/c14-6-2-5-9-11-7-3-1-4-8(13(15)16)10(7)12-9/h1,3-4,14H,2,5-6H2,(H,11,12). The van der Waals surface area contributed by atoms with Crippen LogP contribution in [0.5, 0.6) is 0 Å². The molecule has 84 valence electrons. The first-order valence-corrected chi connectivity index (χ1v) is 4.95. The third-order valence-electron chi connectivity index (χ3n) is 2.31. The van der Waals surface area contributed by atoms with Gasteiger partial charge in [-0.2, -0.15) is 0 Å². The molecule has 6 heteroatoms. The number of aliphatic hydroxyl groups is 1. The second-order valence-corrected chi connectivity index (χ2v) is 3.44. The lowest BCUT2D eigenvalue weighted by atomic mass is 10.3. The lowest BCUT2D eigenvalue weighted by Crippen LogP contribution is -1.91. The molecule has 0 amide bonds. The number of H-pyrrole nitrogens is 1. The van der Waals surface area contributed by atoms with Crippen LogP contribution in [0.4, 0.5) is 5.69 Å². The average molecular weight is 221 g/mol. The number of nitrogens with one attached hydrogen (secondary N) is 1. The molecule has 1 heterocycles. The number of nitro benzene ring substituents is 1. The second kappa shape index (κ2) is 4.28. The zero-order chi connectivity index (χ0) is 11.5. The fourth-order valence-electron chi connectivity index (χ4n) is 1.58. The van der Waals surface area contributed by atoms with Crippen LogP contribution in [0.2, 0.25) is 0 Å². The largest absolute Gasteiger partial charge is 0.396 e. The quantitative estimate of drug-likeness (QED) is 0.602. The molecule has 0 saturated heterocycles. The Morgan fingerprint density at radius 2 is 2.31 bits per heavy atom. The predicted octanol–water partition coefficient (Wildman–Crippen LogP) is 1.40. The molecule has 0 radical (unpaired) electrons. The van der Waals surface area contributed by atoms with Crippen molar-refractivity contribution < 1.29 is 10.0 Å². The number of imidazole rings is 1. The first kappa shape index (κ1) is 10.6. The van der Waals surface area contributed by atoms with E-state index in [4.69, 9.17) is 5.11 Å². The monoisotopic (exact) mass is 221 g/mol. The van der Waals surface area contributed by atoms with Crippen molar-refractivity contribution in [3.8, 4) is 0 Å². The molecule has 0 spiro atoms. The Balaban J connectivity index is 2.44. The summed E-state index contributed by atoms with van der Waals surface area (Å²) >= 11 is 0. The normalized spacial score (nSPS) is 10.8. The van der Waals surface area contributed by atoms with Crippen LogP contribution in [0, 0.1) is 10.1 Å². The number of fused-ring (bicyclic) bond motifs is 1. The zero-order valence-electron chi connectivity index (χ0n) is 8.51. The van der Waals surface area contributed by atoms with Gasteiger partial charge in [0.05, 0.1) is 10.4 Å². The highest BCUT2D eigenvalue weighted by atomic mass is 16.6. The van der Waals surface area contributed by atoms with Gasteiger partial charge in [-0.1, -0.05) is 6.07 Å². The van der Waals surface area contributed by atoms with Crippen molar-refractivity contribution in [2.24, 2.45) is 0 Å². The fraction of sp³-hybridized carbons (Fsp3) is 0.300. The molecule has 2 rings (SSSR count). The molecule has 1 aromatic carbocycles. The number of non-ortho nitro benzene ring substituents is 1. The van der Waals surface area contributed by atoms with E-state index in [-0.39, 0.29) is 12.3 Å². The molecule has 16 heavy (non-hydrogen) atoms. The number of aliphatic hydroxyl groups excluding tert-OH is 1. The van der Waals surface area contributed by atoms with Gasteiger partial charge in [-0.25, -0.2) is 4.98 Å². The highest BCUT2D eigenvalue weighted by Crippen LogP contribution is 2.23. The Morgan fingerprint density at radius 1 is 1.50 bits per heavy atom. The van der Waals surface area contributed by atoms with Crippen LogP contribution < -0.4 is 0 Å². The maximum Gasteiger partial charge on any atom is 0.297 e. The van der Waals surface area contributed by atoms with Gasteiger partial charge in [0, 0.05) is 19.1 Å². The molecule has 2 N–H and O–H groups in total. The number of nitro groups is 1. The number of rotatable bonds is 4. The van der Waals surface area contributed by atoms with E-state index in [1.807, 2.05) is 0 Å². The molecule has 0 fully saturated rings. The van der Waals surface area contributed by atoms with Crippen LogP contribution >= 0.6 is 0 Å². The van der Waals surface area contributed by atoms with E-state index in [9.17, 15) is 10.1 Å². The van der Waals surface area contributed by atoms with Crippen molar-refractivity contribution in [1.82, 2.24) is 9.97 Å². The number of nitrogens with zero attached hydrogens (tertiary/aromatic N) is 2. The molecule has 0 aliphatic carbocycles. The van der Waals surface area contributed by atoms with Crippen LogP contribution in [-0.2, 0) is 6.42 Å². The molecule has 0 unspecified atom stereocenters. The van der Waals surface area contributed by atoms with Crippen LogP contribution in [0.25, 0.3) is 11.0 Å². The lowest BCUT2D eigenvalue weighted by Gasteiger charge is -1.90. The smallest absolute Gasteiger partial charge is 0.297 e. The van der Waals surface area contributed by atoms with Crippen LogP contribution in [0.1, 0.15) is 12.2 Å². The minimum atomic E-state index is -0.445.